The number of nitrogens with one attached hydrogen (secondary N) is 2. The first-order chi connectivity index (χ1) is 12.4. The Hall–Kier alpha value is -2.07. The number of methoxy groups -OCH3 is 1. The van der Waals surface area contributed by atoms with Gasteiger partial charge in [0, 0.05) is 4.88 Å². The number of anilines is 1. The number of ether oxygens (including phenoxy) is 1. The average Bonchev–Trinajstić information content (AvgIpc) is 3.11. The largest absolute Gasteiger partial charge is 0.465 e. The Morgan fingerprint density at radius 2 is 2.27 bits per heavy atom. The highest BCUT2D eigenvalue weighted by Gasteiger charge is 2.29. The summed E-state index contributed by atoms with van der Waals surface area (Å²) in [4.78, 5) is 37.2. The van der Waals surface area contributed by atoms with Crippen molar-refractivity contribution in [2.45, 2.75) is 31.2 Å². The molecule has 0 spiro atoms. The van der Waals surface area contributed by atoms with Crippen LogP contribution in [0.2, 0.25) is 0 Å². The molecule has 2 heterocycles. The summed E-state index contributed by atoms with van der Waals surface area (Å²) in [5.74, 6) is -0.153. The monoisotopic (exact) mass is 398 g/mol. The summed E-state index contributed by atoms with van der Waals surface area (Å²) < 4.78 is 11.0. The van der Waals surface area contributed by atoms with Crippen molar-refractivity contribution in [1.29, 1.82) is 0 Å². The number of carbonyl (C=O) groups excluding carboxylic acids is 2. The number of carbonyl (C=O) groups is 2. The second-order valence-electron chi connectivity index (χ2n) is 6.23. The van der Waals surface area contributed by atoms with Crippen LogP contribution >= 0.6 is 23.1 Å². The standard InChI is InChI=1S/C16H19N3O5S2/c1-8-4-5-9-10(6-8)26-13(12(9)15(21)23-3)17-11(20)7-25-14-16(22)24-18-19(14)2/h8H,4-7H2,1-3H3,(H-,17,18,20,21,22)/p+1. The van der Waals surface area contributed by atoms with Gasteiger partial charge in [0.05, 0.1) is 18.4 Å². The van der Waals surface area contributed by atoms with E-state index in [4.69, 9.17) is 4.74 Å². The molecule has 8 nitrogen and oxygen atoms in total. The van der Waals surface area contributed by atoms with Crippen molar-refractivity contribution in [3.05, 3.63) is 26.4 Å². The molecule has 1 atom stereocenters. The van der Waals surface area contributed by atoms with Crippen molar-refractivity contribution in [3.63, 3.8) is 0 Å². The zero-order valence-electron chi connectivity index (χ0n) is 14.7. The van der Waals surface area contributed by atoms with Crippen LogP contribution in [0, 0.1) is 5.92 Å². The molecular formula is C16H20N3O5S2+. The van der Waals surface area contributed by atoms with Crippen LogP contribution in [0.4, 0.5) is 5.00 Å². The number of nitrogens with zero attached hydrogens (tertiary/aromatic N) is 1. The van der Waals surface area contributed by atoms with Crippen LogP contribution in [-0.4, -0.2) is 30.0 Å². The minimum absolute atomic E-state index is 0.0238. The molecule has 2 aromatic heterocycles. The summed E-state index contributed by atoms with van der Waals surface area (Å²) in [5.41, 5.74) is 0.922. The van der Waals surface area contributed by atoms with Crippen molar-refractivity contribution in [2.75, 3.05) is 18.2 Å². The molecule has 2 aromatic rings. The Morgan fingerprint density at radius 3 is 2.92 bits per heavy atom. The fourth-order valence-electron chi connectivity index (χ4n) is 2.94. The number of esters is 1. The van der Waals surface area contributed by atoms with E-state index in [1.54, 1.807) is 7.05 Å². The van der Waals surface area contributed by atoms with Crippen LogP contribution < -0.4 is 15.6 Å². The van der Waals surface area contributed by atoms with E-state index in [1.165, 1.54) is 23.1 Å². The SMILES string of the molecule is COC(=O)c1c(NC(=O)CSc2c(=O)o[nH][n+]2C)sc2c1CCC(C)C2. The minimum Gasteiger partial charge on any atom is -0.465 e. The van der Waals surface area contributed by atoms with Crippen molar-refractivity contribution >= 4 is 40.0 Å². The second-order valence-corrected chi connectivity index (χ2v) is 8.30. The molecule has 0 bridgehead atoms. The zero-order valence-corrected chi connectivity index (χ0v) is 16.3. The maximum Gasteiger partial charge on any atom is 0.441 e. The van der Waals surface area contributed by atoms with Crippen LogP contribution in [0.15, 0.2) is 14.3 Å². The van der Waals surface area contributed by atoms with Crippen LogP contribution in [-0.2, 0) is 29.4 Å². The molecule has 0 aliphatic heterocycles. The number of amides is 1. The molecule has 140 valence electrons. The van der Waals surface area contributed by atoms with Crippen molar-refractivity contribution in [1.82, 2.24) is 5.27 Å². The molecule has 1 aliphatic carbocycles. The number of thioether (sulfide) groups is 1. The molecule has 1 amide bonds. The molecule has 2 N–H and O–H groups in total. The van der Waals surface area contributed by atoms with E-state index in [0.29, 0.717) is 21.5 Å². The number of H-pyrrole nitrogens is 1. The summed E-state index contributed by atoms with van der Waals surface area (Å²) in [6, 6.07) is 0. The van der Waals surface area contributed by atoms with Gasteiger partial charge in [-0.2, -0.15) is 0 Å². The molecule has 10 heteroatoms. The Bertz CT molecular complexity index is 898. The molecule has 3 rings (SSSR count). The van der Waals surface area contributed by atoms with E-state index < -0.39 is 11.6 Å². The van der Waals surface area contributed by atoms with E-state index in [0.717, 1.165) is 41.5 Å². The number of rotatable bonds is 5. The van der Waals surface area contributed by atoms with Crippen LogP contribution in [0.5, 0.6) is 0 Å². The van der Waals surface area contributed by atoms with E-state index in [9.17, 15) is 14.4 Å². The number of hydrogen-bond donors (Lipinski definition) is 2. The Labute approximate surface area is 157 Å². The van der Waals surface area contributed by atoms with Crippen molar-refractivity contribution in [3.8, 4) is 0 Å². The van der Waals surface area contributed by atoms with E-state index >= 15 is 0 Å². The lowest BCUT2D eigenvalue weighted by Crippen LogP contribution is -2.34. The van der Waals surface area contributed by atoms with Crippen molar-refractivity contribution < 1.29 is 23.5 Å². The number of aromatic nitrogens is 2. The van der Waals surface area contributed by atoms with Gasteiger partial charge in [-0.15, -0.1) is 11.3 Å². The highest BCUT2D eigenvalue weighted by molar-refractivity contribution is 7.99. The molecule has 0 radical (unpaired) electrons. The summed E-state index contributed by atoms with van der Waals surface area (Å²) in [6.07, 6.45) is 2.72. The molecule has 26 heavy (non-hydrogen) atoms. The first-order valence-electron chi connectivity index (χ1n) is 8.13. The molecule has 0 fully saturated rings. The first kappa shape index (κ1) is 18.7. The fourth-order valence-corrected chi connectivity index (χ4v) is 5.09. The molecule has 0 aromatic carbocycles. The third-order valence-electron chi connectivity index (χ3n) is 4.25. The van der Waals surface area contributed by atoms with Gasteiger partial charge < -0.3 is 10.1 Å². The number of aryl methyl sites for hydroxylation is 1. The fraction of sp³-hybridized carbons (Fsp3) is 0.500. The Balaban J connectivity index is 1.77. The number of hydrogen-bond acceptors (Lipinski definition) is 7. The van der Waals surface area contributed by atoms with Crippen molar-refractivity contribution in [2.24, 2.45) is 13.0 Å². The van der Waals surface area contributed by atoms with Gasteiger partial charge in [0.2, 0.25) is 5.91 Å². The van der Waals surface area contributed by atoms with Gasteiger partial charge in [0.15, 0.2) is 7.05 Å². The predicted octanol–water partition coefficient (Wildman–Crippen LogP) is 1.50. The van der Waals surface area contributed by atoms with Gasteiger partial charge in [-0.05, 0) is 47.8 Å². The number of aromatic amines is 1. The third kappa shape index (κ3) is 3.70. The highest BCUT2D eigenvalue weighted by atomic mass is 32.2. The quantitative estimate of drug-likeness (QED) is 0.449. The molecule has 0 saturated carbocycles. The van der Waals surface area contributed by atoms with E-state index in [1.807, 2.05) is 0 Å². The smallest absolute Gasteiger partial charge is 0.441 e. The Morgan fingerprint density at radius 1 is 1.50 bits per heavy atom. The Kier molecular flexibility index (Phi) is 5.52. The predicted molar refractivity (Wildman–Crippen MR) is 96.7 cm³/mol. The first-order valence-corrected chi connectivity index (χ1v) is 9.94. The van der Waals surface area contributed by atoms with Gasteiger partial charge >= 0.3 is 16.6 Å². The van der Waals surface area contributed by atoms with E-state index in [-0.39, 0.29) is 11.7 Å². The van der Waals surface area contributed by atoms with Gasteiger partial charge in [0.25, 0.3) is 0 Å². The third-order valence-corrected chi connectivity index (χ3v) is 6.54. The molecule has 1 aliphatic rings. The molecule has 1 unspecified atom stereocenters. The lowest BCUT2D eigenvalue weighted by molar-refractivity contribution is -0.772. The number of fused-ring (bicyclic) bond motifs is 1. The molecule has 0 saturated heterocycles. The topological polar surface area (TPSA) is 105 Å². The maximum absolute atomic E-state index is 12.3. The maximum atomic E-state index is 12.3. The minimum atomic E-state index is -0.527. The highest BCUT2D eigenvalue weighted by Crippen LogP contribution is 2.40. The number of thiophene rings is 1. The van der Waals surface area contributed by atoms with Gasteiger partial charge in [-0.1, -0.05) is 11.6 Å². The van der Waals surface area contributed by atoms with Crippen LogP contribution in [0.3, 0.4) is 0 Å². The average molecular weight is 398 g/mol. The lowest BCUT2D eigenvalue weighted by atomic mass is 9.88. The normalized spacial score (nSPS) is 16.2. The van der Waals surface area contributed by atoms with Gasteiger partial charge in [0.1, 0.15) is 5.00 Å². The summed E-state index contributed by atoms with van der Waals surface area (Å²) >= 11 is 2.50. The lowest BCUT2D eigenvalue weighted by Gasteiger charge is -2.18. The zero-order chi connectivity index (χ0) is 18.8. The van der Waals surface area contributed by atoms with Gasteiger partial charge in [-0.3, -0.25) is 9.32 Å². The van der Waals surface area contributed by atoms with E-state index in [2.05, 4.69) is 22.0 Å². The van der Waals surface area contributed by atoms with Gasteiger partial charge in [-0.25, -0.2) is 9.59 Å². The van der Waals surface area contributed by atoms with Crippen LogP contribution in [0.1, 0.15) is 34.1 Å². The summed E-state index contributed by atoms with van der Waals surface area (Å²) in [5, 5.41) is 6.02. The molecular weight excluding hydrogens is 378 g/mol. The second kappa shape index (κ2) is 7.67. The van der Waals surface area contributed by atoms with Crippen LogP contribution in [0.25, 0.3) is 0 Å². The summed E-state index contributed by atoms with van der Waals surface area (Å²) in [7, 11) is 2.96. The summed E-state index contributed by atoms with van der Waals surface area (Å²) in [6.45, 7) is 2.18.